The molecule has 2 N–H and O–H groups in total. The SMILES string of the molecule is CC(=O)C[C@H](NC(=O)OC(C)(C)C)C(=O)NCCSC(C)=O. The summed E-state index contributed by atoms with van der Waals surface area (Å²) < 4.78 is 5.07. The highest BCUT2D eigenvalue weighted by Gasteiger charge is 2.25. The molecular formula is C14H24N2O5S. The standard InChI is InChI=1S/C14H24N2O5S/c1-9(17)8-11(16-13(20)21-14(3,4)5)12(19)15-6-7-22-10(2)18/h11H,6-8H2,1-5H3,(H,15,19)(H,16,20)/t11-/m0/s1. The molecule has 0 aromatic carbocycles. The van der Waals surface area contributed by atoms with Crippen molar-refractivity contribution in [3.05, 3.63) is 0 Å². The van der Waals surface area contributed by atoms with Gasteiger partial charge in [-0.15, -0.1) is 0 Å². The molecule has 1 atom stereocenters. The van der Waals surface area contributed by atoms with Crippen molar-refractivity contribution in [2.45, 2.75) is 52.7 Å². The van der Waals surface area contributed by atoms with Gasteiger partial charge in [0.05, 0.1) is 0 Å². The normalized spacial score (nSPS) is 12.2. The topological polar surface area (TPSA) is 102 Å². The van der Waals surface area contributed by atoms with Gasteiger partial charge in [0.1, 0.15) is 17.4 Å². The van der Waals surface area contributed by atoms with Crippen LogP contribution in [0.2, 0.25) is 0 Å². The van der Waals surface area contributed by atoms with Crippen LogP contribution in [-0.2, 0) is 19.1 Å². The fourth-order valence-electron chi connectivity index (χ4n) is 1.44. The van der Waals surface area contributed by atoms with Crippen molar-refractivity contribution >= 4 is 34.7 Å². The second-order valence-corrected chi connectivity index (χ2v) is 7.01. The largest absolute Gasteiger partial charge is 0.444 e. The van der Waals surface area contributed by atoms with E-state index in [4.69, 9.17) is 4.74 Å². The lowest BCUT2D eigenvalue weighted by molar-refractivity contribution is -0.126. The number of Topliss-reactive ketones (excluding diaryl/α,β-unsaturated/α-hetero) is 1. The molecule has 0 aromatic rings. The average Bonchev–Trinajstić information content (AvgIpc) is 2.30. The lowest BCUT2D eigenvalue weighted by atomic mass is 10.1. The van der Waals surface area contributed by atoms with E-state index in [1.807, 2.05) is 0 Å². The van der Waals surface area contributed by atoms with Crippen LogP contribution in [0.15, 0.2) is 0 Å². The van der Waals surface area contributed by atoms with Gasteiger partial charge >= 0.3 is 6.09 Å². The Balaban J connectivity index is 4.49. The molecule has 0 aliphatic rings. The third-order valence-electron chi connectivity index (χ3n) is 2.21. The van der Waals surface area contributed by atoms with Gasteiger partial charge in [-0.3, -0.25) is 14.4 Å². The molecule has 0 bridgehead atoms. The number of thioether (sulfide) groups is 1. The van der Waals surface area contributed by atoms with Gasteiger partial charge in [0.2, 0.25) is 5.91 Å². The number of ketones is 1. The van der Waals surface area contributed by atoms with Gasteiger partial charge in [0, 0.05) is 25.6 Å². The van der Waals surface area contributed by atoms with E-state index in [-0.39, 0.29) is 23.9 Å². The molecule has 0 aliphatic carbocycles. The lowest BCUT2D eigenvalue weighted by Gasteiger charge is -2.22. The number of hydrogen-bond donors (Lipinski definition) is 2. The van der Waals surface area contributed by atoms with Crippen LogP contribution in [0, 0.1) is 0 Å². The summed E-state index contributed by atoms with van der Waals surface area (Å²) in [6.45, 7) is 8.15. The van der Waals surface area contributed by atoms with Crippen LogP contribution in [0.4, 0.5) is 4.79 Å². The quantitative estimate of drug-likeness (QED) is 0.681. The Morgan fingerprint density at radius 3 is 2.18 bits per heavy atom. The molecule has 0 spiro atoms. The molecule has 0 radical (unpaired) electrons. The van der Waals surface area contributed by atoms with Crippen molar-refractivity contribution in [2.24, 2.45) is 0 Å². The first-order valence-corrected chi connectivity index (χ1v) is 7.90. The Hall–Kier alpha value is -1.57. The molecule has 2 amide bonds. The molecular weight excluding hydrogens is 308 g/mol. The van der Waals surface area contributed by atoms with Crippen LogP contribution in [-0.4, -0.2) is 46.8 Å². The maximum absolute atomic E-state index is 12.0. The minimum Gasteiger partial charge on any atom is -0.444 e. The molecule has 7 nitrogen and oxygen atoms in total. The minimum atomic E-state index is -0.991. The predicted octanol–water partition coefficient (Wildman–Crippen LogP) is 1.25. The number of carbonyl (C=O) groups excluding carboxylic acids is 4. The third kappa shape index (κ3) is 11.1. The second-order valence-electron chi connectivity index (χ2n) is 5.74. The van der Waals surface area contributed by atoms with Gasteiger partial charge in [0.25, 0.3) is 0 Å². The molecule has 126 valence electrons. The molecule has 0 rings (SSSR count). The predicted molar refractivity (Wildman–Crippen MR) is 84.6 cm³/mol. The number of alkyl carbamates (subject to hydrolysis) is 1. The number of carbonyl (C=O) groups is 4. The Kier molecular flexibility index (Phi) is 8.77. The first-order chi connectivity index (χ1) is 10.0. The van der Waals surface area contributed by atoms with Crippen LogP contribution in [0.5, 0.6) is 0 Å². The maximum Gasteiger partial charge on any atom is 0.408 e. The van der Waals surface area contributed by atoms with Crippen molar-refractivity contribution in [2.75, 3.05) is 12.3 Å². The van der Waals surface area contributed by atoms with Crippen LogP contribution >= 0.6 is 11.8 Å². The van der Waals surface area contributed by atoms with Gasteiger partial charge in [-0.2, -0.15) is 0 Å². The Bertz CT molecular complexity index is 431. The second kappa shape index (κ2) is 9.45. The summed E-state index contributed by atoms with van der Waals surface area (Å²) in [5.74, 6) is -0.278. The maximum atomic E-state index is 12.0. The molecule has 0 heterocycles. The number of nitrogens with one attached hydrogen (secondary N) is 2. The van der Waals surface area contributed by atoms with Crippen molar-refractivity contribution in [3.63, 3.8) is 0 Å². The molecule has 0 fully saturated rings. The summed E-state index contributed by atoms with van der Waals surface area (Å²) in [4.78, 5) is 45.7. The van der Waals surface area contributed by atoms with Crippen molar-refractivity contribution in [3.8, 4) is 0 Å². The first kappa shape index (κ1) is 20.4. The molecule has 0 aliphatic heterocycles. The summed E-state index contributed by atoms with van der Waals surface area (Å²) in [7, 11) is 0. The summed E-state index contributed by atoms with van der Waals surface area (Å²) in [5.41, 5.74) is -0.695. The Labute approximate surface area is 134 Å². The van der Waals surface area contributed by atoms with E-state index in [1.54, 1.807) is 20.8 Å². The lowest BCUT2D eigenvalue weighted by Crippen LogP contribution is -2.49. The zero-order valence-electron chi connectivity index (χ0n) is 13.6. The van der Waals surface area contributed by atoms with Gasteiger partial charge in [-0.1, -0.05) is 11.8 Å². The minimum absolute atomic E-state index is 0.0404. The first-order valence-electron chi connectivity index (χ1n) is 6.91. The zero-order chi connectivity index (χ0) is 17.3. The third-order valence-corrected chi connectivity index (χ3v) is 3.02. The van der Waals surface area contributed by atoms with Crippen molar-refractivity contribution < 1.29 is 23.9 Å². The number of hydrogen-bond acceptors (Lipinski definition) is 6. The van der Waals surface area contributed by atoms with Gasteiger partial charge in [-0.05, 0) is 27.7 Å². The molecule has 0 saturated carbocycles. The number of ether oxygens (including phenoxy) is 1. The fraction of sp³-hybridized carbons (Fsp3) is 0.714. The van der Waals surface area contributed by atoms with Gasteiger partial charge in [0.15, 0.2) is 5.12 Å². The summed E-state index contributed by atoms with van der Waals surface area (Å²) >= 11 is 1.09. The van der Waals surface area contributed by atoms with Crippen molar-refractivity contribution in [1.29, 1.82) is 0 Å². The molecule has 0 aromatic heterocycles. The summed E-state index contributed by atoms with van der Waals surface area (Å²) in [6.07, 6.45) is -0.878. The van der Waals surface area contributed by atoms with E-state index in [2.05, 4.69) is 10.6 Å². The number of amides is 2. The smallest absolute Gasteiger partial charge is 0.408 e. The van der Waals surface area contributed by atoms with E-state index in [0.29, 0.717) is 5.75 Å². The van der Waals surface area contributed by atoms with E-state index in [9.17, 15) is 19.2 Å². The zero-order valence-corrected chi connectivity index (χ0v) is 14.5. The highest BCUT2D eigenvalue weighted by molar-refractivity contribution is 8.13. The van der Waals surface area contributed by atoms with E-state index in [1.165, 1.54) is 13.8 Å². The van der Waals surface area contributed by atoms with E-state index < -0.39 is 23.6 Å². The van der Waals surface area contributed by atoms with Crippen LogP contribution in [0.1, 0.15) is 41.0 Å². The van der Waals surface area contributed by atoms with E-state index >= 15 is 0 Å². The van der Waals surface area contributed by atoms with Crippen LogP contribution in [0.3, 0.4) is 0 Å². The van der Waals surface area contributed by atoms with E-state index in [0.717, 1.165) is 11.8 Å². The molecule has 0 unspecified atom stereocenters. The fourth-order valence-corrected chi connectivity index (χ4v) is 1.93. The highest BCUT2D eigenvalue weighted by atomic mass is 32.2. The molecule has 22 heavy (non-hydrogen) atoms. The highest BCUT2D eigenvalue weighted by Crippen LogP contribution is 2.07. The van der Waals surface area contributed by atoms with Crippen LogP contribution < -0.4 is 10.6 Å². The summed E-state index contributed by atoms with van der Waals surface area (Å²) in [6, 6.07) is -0.991. The van der Waals surface area contributed by atoms with Crippen molar-refractivity contribution in [1.82, 2.24) is 10.6 Å². The number of rotatable bonds is 7. The van der Waals surface area contributed by atoms with Gasteiger partial charge < -0.3 is 15.4 Å². The Morgan fingerprint density at radius 2 is 1.73 bits per heavy atom. The monoisotopic (exact) mass is 332 g/mol. The average molecular weight is 332 g/mol. The summed E-state index contributed by atoms with van der Waals surface area (Å²) in [5, 5.41) is 4.92. The Morgan fingerprint density at radius 1 is 1.14 bits per heavy atom. The van der Waals surface area contributed by atoms with Crippen LogP contribution in [0.25, 0.3) is 0 Å². The molecule has 8 heteroatoms. The van der Waals surface area contributed by atoms with Gasteiger partial charge in [-0.25, -0.2) is 4.79 Å². The molecule has 0 saturated heterocycles.